The molecule has 3 nitrogen and oxygen atoms in total. The molecule has 1 heterocycles. The Hall–Kier alpha value is -0.590. The third-order valence-corrected chi connectivity index (χ3v) is 4.64. The Balaban J connectivity index is 1.95. The molecule has 1 spiro atoms. The van der Waals surface area contributed by atoms with Crippen LogP contribution in [0.25, 0.3) is 0 Å². The Labute approximate surface area is 105 Å². The van der Waals surface area contributed by atoms with E-state index in [-0.39, 0.29) is 5.60 Å². The fourth-order valence-corrected chi connectivity index (χ4v) is 3.35. The van der Waals surface area contributed by atoms with Crippen LogP contribution >= 0.6 is 0 Å². The second-order valence-corrected chi connectivity index (χ2v) is 5.76. The van der Waals surface area contributed by atoms with E-state index >= 15 is 0 Å². The molecule has 0 aromatic carbocycles. The smallest absolute Gasteiger partial charge is 0.0697 e. The fraction of sp³-hybridized carbons (Fsp3) is 0.929. The minimum Gasteiger partial charge on any atom is -0.375 e. The van der Waals surface area contributed by atoms with Gasteiger partial charge in [0.25, 0.3) is 0 Å². The van der Waals surface area contributed by atoms with Gasteiger partial charge in [-0.05, 0) is 39.7 Å². The average molecular weight is 236 g/mol. The summed E-state index contributed by atoms with van der Waals surface area (Å²) in [5.74, 6) is 0. The average Bonchev–Trinajstić information content (AvgIpc) is 2.76. The largest absolute Gasteiger partial charge is 0.375 e. The summed E-state index contributed by atoms with van der Waals surface area (Å²) in [5, 5.41) is 8.79. The van der Waals surface area contributed by atoms with Crippen molar-refractivity contribution in [3.05, 3.63) is 0 Å². The van der Waals surface area contributed by atoms with Gasteiger partial charge in [0.1, 0.15) is 0 Å². The van der Waals surface area contributed by atoms with Crippen LogP contribution in [0.5, 0.6) is 0 Å². The highest BCUT2D eigenvalue weighted by Gasteiger charge is 2.41. The second kappa shape index (κ2) is 5.37. The molecule has 0 aromatic rings. The van der Waals surface area contributed by atoms with Crippen LogP contribution in [0.1, 0.15) is 51.9 Å². The minimum atomic E-state index is 0.184. The summed E-state index contributed by atoms with van der Waals surface area (Å²) >= 11 is 0. The summed E-state index contributed by atoms with van der Waals surface area (Å²) in [6, 6.07) is 3.24. The lowest BCUT2D eigenvalue weighted by Crippen LogP contribution is -2.48. The van der Waals surface area contributed by atoms with Gasteiger partial charge in [-0.25, -0.2) is 0 Å². The van der Waals surface area contributed by atoms with Crippen LogP contribution in [-0.2, 0) is 4.74 Å². The zero-order chi connectivity index (χ0) is 12.3. The van der Waals surface area contributed by atoms with Gasteiger partial charge < -0.3 is 4.74 Å². The minimum absolute atomic E-state index is 0.184. The lowest BCUT2D eigenvalue weighted by Gasteiger charge is -2.43. The van der Waals surface area contributed by atoms with Gasteiger partial charge in [0.2, 0.25) is 0 Å². The number of hydrogen-bond donors (Lipinski definition) is 0. The van der Waals surface area contributed by atoms with Crippen LogP contribution in [0.2, 0.25) is 0 Å². The van der Waals surface area contributed by atoms with Crippen LogP contribution in [-0.4, -0.2) is 36.2 Å². The number of nitrogens with zero attached hydrogens (tertiary/aromatic N) is 2. The first kappa shape index (κ1) is 12.9. The van der Waals surface area contributed by atoms with Crippen molar-refractivity contribution in [2.45, 2.75) is 69.6 Å². The van der Waals surface area contributed by atoms with Crippen molar-refractivity contribution in [3.8, 4) is 6.07 Å². The molecular formula is C14H24N2O. The van der Waals surface area contributed by atoms with E-state index in [9.17, 15) is 0 Å². The van der Waals surface area contributed by atoms with E-state index in [1.807, 2.05) is 0 Å². The summed E-state index contributed by atoms with van der Waals surface area (Å²) in [4.78, 5) is 2.39. The van der Waals surface area contributed by atoms with Gasteiger partial charge in [-0.2, -0.15) is 5.26 Å². The number of hydrogen-bond acceptors (Lipinski definition) is 3. The molecule has 1 saturated heterocycles. The summed E-state index contributed by atoms with van der Waals surface area (Å²) in [5.41, 5.74) is 0.184. The van der Waals surface area contributed by atoms with Gasteiger partial charge in [-0.15, -0.1) is 0 Å². The second-order valence-electron chi connectivity index (χ2n) is 5.76. The van der Waals surface area contributed by atoms with Crippen molar-refractivity contribution >= 4 is 0 Å². The molecule has 0 amide bonds. The third kappa shape index (κ3) is 2.81. The van der Waals surface area contributed by atoms with Crippen LogP contribution in [0.15, 0.2) is 0 Å². The van der Waals surface area contributed by atoms with E-state index in [1.165, 1.54) is 32.1 Å². The number of ether oxygens (including phenoxy) is 1. The molecule has 2 aliphatic rings. The topological polar surface area (TPSA) is 36.3 Å². The van der Waals surface area contributed by atoms with E-state index in [4.69, 9.17) is 10.00 Å². The molecule has 3 heteroatoms. The van der Waals surface area contributed by atoms with E-state index in [2.05, 4.69) is 24.9 Å². The highest BCUT2D eigenvalue weighted by atomic mass is 16.5. The normalized spacial score (nSPS) is 29.4. The molecular weight excluding hydrogens is 212 g/mol. The van der Waals surface area contributed by atoms with Crippen molar-refractivity contribution in [2.75, 3.05) is 13.7 Å². The lowest BCUT2D eigenvalue weighted by atomic mass is 9.87. The molecule has 2 atom stereocenters. The summed E-state index contributed by atoms with van der Waals surface area (Å²) in [6.07, 6.45) is 8.04. The zero-order valence-corrected chi connectivity index (χ0v) is 11.1. The molecule has 0 radical (unpaired) electrons. The van der Waals surface area contributed by atoms with Crippen LogP contribution < -0.4 is 0 Å². The molecule has 2 unspecified atom stereocenters. The van der Waals surface area contributed by atoms with Gasteiger partial charge in [0.15, 0.2) is 0 Å². The molecule has 96 valence electrons. The first-order valence-electron chi connectivity index (χ1n) is 6.90. The maximum absolute atomic E-state index is 8.79. The standard InChI is InChI=1S/C14H24N2O/c1-12(5-9-15)16(2)13-6-10-17-14(11-13)7-3-4-8-14/h12-13H,3-8,10-11H2,1-2H3. The van der Waals surface area contributed by atoms with Gasteiger partial charge >= 0.3 is 0 Å². The van der Waals surface area contributed by atoms with Gasteiger partial charge in [-0.3, -0.25) is 4.90 Å². The third-order valence-electron chi connectivity index (χ3n) is 4.64. The van der Waals surface area contributed by atoms with Crippen LogP contribution in [0.3, 0.4) is 0 Å². The Bertz CT molecular complexity index is 291. The Morgan fingerprint density at radius 1 is 1.47 bits per heavy atom. The van der Waals surface area contributed by atoms with Gasteiger partial charge in [0, 0.05) is 18.7 Å². The predicted molar refractivity (Wildman–Crippen MR) is 67.6 cm³/mol. The number of nitriles is 1. The Morgan fingerprint density at radius 2 is 2.18 bits per heavy atom. The van der Waals surface area contributed by atoms with E-state index in [0.717, 1.165) is 13.0 Å². The zero-order valence-electron chi connectivity index (χ0n) is 11.1. The molecule has 0 bridgehead atoms. The Kier molecular flexibility index (Phi) is 4.06. The quantitative estimate of drug-likeness (QED) is 0.756. The van der Waals surface area contributed by atoms with Crippen molar-refractivity contribution < 1.29 is 4.74 Å². The van der Waals surface area contributed by atoms with Crippen molar-refractivity contribution in [1.82, 2.24) is 4.90 Å². The van der Waals surface area contributed by atoms with Crippen molar-refractivity contribution in [2.24, 2.45) is 0 Å². The first-order valence-corrected chi connectivity index (χ1v) is 6.90. The summed E-state index contributed by atoms with van der Waals surface area (Å²) in [7, 11) is 2.17. The van der Waals surface area contributed by atoms with Crippen molar-refractivity contribution in [1.29, 1.82) is 5.26 Å². The molecule has 0 aromatic heterocycles. The maximum atomic E-state index is 8.79. The van der Waals surface area contributed by atoms with Gasteiger partial charge in [-0.1, -0.05) is 12.8 Å². The predicted octanol–water partition coefficient (Wildman–Crippen LogP) is 2.71. The van der Waals surface area contributed by atoms with E-state index in [1.54, 1.807) is 0 Å². The maximum Gasteiger partial charge on any atom is 0.0697 e. The SMILES string of the molecule is CC(CC#N)N(C)C1CCOC2(CCCC2)C1. The molecule has 2 rings (SSSR count). The molecule has 1 saturated carbocycles. The van der Waals surface area contributed by atoms with E-state index < -0.39 is 0 Å². The highest BCUT2D eigenvalue weighted by molar-refractivity contribution is 4.95. The fourth-order valence-electron chi connectivity index (χ4n) is 3.35. The highest BCUT2D eigenvalue weighted by Crippen LogP contribution is 2.41. The molecule has 2 fully saturated rings. The lowest BCUT2D eigenvalue weighted by molar-refractivity contribution is -0.102. The summed E-state index contributed by atoms with van der Waals surface area (Å²) in [6.45, 7) is 3.05. The van der Waals surface area contributed by atoms with Crippen LogP contribution in [0.4, 0.5) is 0 Å². The Morgan fingerprint density at radius 3 is 2.82 bits per heavy atom. The van der Waals surface area contributed by atoms with Crippen molar-refractivity contribution in [3.63, 3.8) is 0 Å². The molecule has 17 heavy (non-hydrogen) atoms. The van der Waals surface area contributed by atoms with Gasteiger partial charge in [0.05, 0.1) is 18.1 Å². The first-order chi connectivity index (χ1) is 8.17. The van der Waals surface area contributed by atoms with Crippen LogP contribution in [0, 0.1) is 11.3 Å². The molecule has 1 aliphatic carbocycles. The molecule has 0 N–H and O–H groups in total. The monoisotopic (exact) mass is 236 g/mol. The van der Waals surface area contributed by atoms with E-state index in [0.29, 0.717) is 18.5 Å². The molecule has 1 aliphatic heterocycles. The summed E-state index contributed by atoms with van der Waals surface area (Å²) < 4.78 is 6.05. The number of rotatable bonds is 3.